The number of hydrogen-bond donors (Lipinski definition) is 1. The molecule has 19 heavy (non-hydrogen) atoms. The van der Waals surface area contributed by atoms with Gasteiger partial charge in [-0.3, -0.25) is 0 Å². The van der Waals surface area contributed by atoms with E-state index in [0.717, 1.165) is 16.5 Å². The van der Waals surface area contributed by atoms with Crippen LogP contribution in [-0.4, -0.2) is 6.04 Å². The predicted molar refractivity (Wildman–Crippen MR) is 86.0 cm³/mol. The summed E-state index contributed by atoms with van der Waals surface area (Å²) >= 11 is 15.7. The van der Waals surface area contributed by atoms with Gasteiger partial charge in [-0.1, -0.05) is 57.3 Å². The van der Waals surface area contributed by atoms with Crippen molar-refractivity contribution < 1.29 is 0 Å². The standard InChI is InChI=1S/C15H14BrCl2N/c16-11-6-4-10(5-7-11)8-12(19)9-13-14(17)2-1-3-15(13)18/h1-7,12H,8-9,19H2. The summed E-state index contributed by atoms with van der Waals surface area (Å²) < 4.78 is 1.07. The highest BCUT2D eigenvalue weighted by molar-refractivity contribution is 9.10. The molecule has 0 amide bonds. The molecule has 0 aromatic heterocycles. The molecule has 1 unspecified atom stereocenters. The molecule has 2 rings (SSSR count). The molecule has 0 saturated heterocycles. The number of nitrogens with two attached hydrogens (primary N) is 1. The van der Waals surface area contributed by atoms with Crippen molar-refractivity contribution in [2.75, 3.05) is 0 Å². The molecule has 2 aromatic rings. The lowest BCUT2D eigenvalue weighted by Crippen LogP contribution is -2.25. The first-order valence-electron chi connectivity index (χ1n) is 5.99. The molecule has 0 spiro atoms. The first-order chi connectivity index (χ1) is 9.06. The third-order valence-electron chi connectivity index (χ3n) is 2.94. The molecular formula is C15H14BrCl2N. The predicted octanol–water partition coefficient (Wildman–Crippen LogP) is 4.87. The van der Waals surface area contributed by atoms with Crippen LogP contribution in [0.5, 0.6) is 0 Å². The Morgan fingerprint density at radius 2 is 1.53 bits per heavy atom. The average Bonchev–Trinajstić information content (AvgIpc) is 2.37. The summed E-state index contributed by atoms with van der Waals surface area (Å²) in [5.41, 5.74) is 8.32. The molecule has 0 radical (unpaired) electrons. The van der Waals surface area contributed by atoms with Gasteiger partial charge in [0, 0.05) is 20.6 Å². The van der Waals surface area contributed by atoms with Crippen molar-refractivity contribution in [1.82, 2.24) is 0 Å². The van der Waals surface area contributed by atoms with Crippen LogP contribution in [0.3, 0.4) is 0 Å². The second kappa shape index (κ2) is 6.76. The van der Waals surface area contributed by atoms with Gasteiger partial charge < -0.3 is 5.73 Å². The van der Waals surface area contributed by atoms with Crippen molar-refractivity contribution in [3.63, 3.8) is 0 Å². The van der Waals surface area contributed by atoms with Gasteiger partial charge in [0.25, 0.3) is 0 Å². The lowest BCUT2D eigenvalue weighted by Gasteiger charge is -2.14. The van der Waals surface area contributed by atoms with Gasteiger partial charge in [0.05, 0.1) is 0 Å². The largest absolute Gasteiger partial charge is 0.327 e. The molecule has 0 heterocycles. The Morgan fingerprint density at radius 1 is 0.947 bits per heavy atom. The Kier molecular flexibility index (Phi) is 5.28. The molecule has 4 heteroatoms. The summed E-state index contributed by atoms with van der Waals surface area (Å²) in [5.74, 6) is 0. The normalized spacial score (nSPS) is 12.4. The van der Waals surface area contributed by atoms with Crippen LogP contribution >= 0.6 is 39.1 Å². The van der Waals surface area contributed by atoms with E-state index in [1.54, 1.807) is 0 Å². The topological polar surface area (TPSA) is 26.0 Å². The number of hydrogen-bond acceptors (Lipinski definition) is 1. The van der Waals surface area contributed by atoms with Crippen molar-refractivity contribution in [2.45, 2.75) is 18.9 Å². The molecule has 1 atom stereocenters. The fourth-order valence-electron chi connectivity index (χ4n) is 1.98. The lowest BCUT2D eigenvalue weighted by atomic mass is 10.00. The minimum Gasteiger partial charge on any atom is -0.327 e. The second-order valence-corrected chi connectivity index (χ2v) is 6.23. The molecule has 0 aliphatic rings. The molecule has 100 valence electrons. The van der Waals surface area contributed by atoms with E-state index in [1.165, 1.54) is 5.56 Å². The van der Waals surface area contributed by atoms with E-state index in [-0.39, 0.29) is 6.04 Å². The van der Waals surface area contributed by atoms with E-state index in [1.807, 2.05) is 30.3 Å². The van der Waals surface area contributed by atoms with Gasteiger partial charge in [0.2, 0.25) is 0 Å². The quantitative estimate of drug-likeness (QED) is 0.828. The van der Waals surface area contributed by atoms with Crippen molar-refractivity contribution in [2.24, 2.45) is 5.73 Å². The molecule has 2 aromatic carbocycles. The van der Waals surface area contributed by atoms with Crippen LogP contribution in [0.4, 0.5) is 0 Å². The molecule has 0 bridgehead atoms. The van der Waals surface area contributed by atoms with Gasteiger partial charge in [-0.2, -0.15) is 0 Å². The smallest absolute Gasteiger partial charge is 0.0453 e. The summed E-state index contributed by atoms with van der Waals surface area (Å²) in [6.07, 6.45) is 1.48. The highest BCUT2D eigenvalue weighted by Crippen LogP contribution is 2.25. The van der Waals surface area contributed by atoms with E-state index in [4.69, 9.17) is 28.9 Å². The van der Waals surface area contributed by atoms with Gasteiger partial charge in [-0.25, -0.2) is 0 Å². The Hall–Kier alpha value is -0.540. The van der Waals surface area contributed by atoms with E-state index in [2.05, 4.69) is 28.1 Å². The molecule has 1 nitrogen and oxygen atoms in total. The maximum atomic E-state index is 6.18. The SMILES string of the molecule is NC(Cc1ccc(Br)cc1)Cc1c(Cl)cccc1Cl. The maximum absolute atomic E-state index is 6.18. The third kappa shape index (κ3) is 4.22. The van der Waals surface area contributed by atoms with Gasteiger partial charge in [-0.05, 0) is 48.2 Å². The minimum absolute atomic E-state index is 0.00132. The van der Waals surface area contributed by atoms with Crippen molar-refractivity contribution in [3.05, 3.63) is 68.1 Å². The van der Waals surface area contributed by atoms with Crippen molar-refractivity contribution >= 4 is 39.1 Å². The minimum atomic E-state index is -0.00132. The third-order valence-corrected chi connectivity index (χ3v) is 4.18. The van der Waals surface area contributed by atoms with E-state index in [0.29, 0.717) is 16.5 Å². The molecule has 0 fully saturated rings. The monoisotopic (exact) mass is 357 g/mol. The van der Waals surface area contributed by atoms with Gasteiger partial charge in [-0.15, -0.1) is 0 Å². The average molecular weight is 359 g/mol. The Bertz CT molecular complexity index is 534. The number of halogens is 3. The summed E-state index contributed by atoms with van der Waals surface area (Å²) in [6.45, 7) is 0. The van der Waals surface area contributed by atoms with Crippen LogP contribution in [0.2, 0.25) is 10.0 Å². The van der Waals surface area contributed by atoms with Crippen LogP contribution < -0.4 is 5.73 Å². The van der Waals surface area contributed by atoms with E-state index < -0.39 is 0 Å². The van der Waals surface area contributed by atoms with Crippen molar-refractivity contribution in [1.29, 1.82) is 0 Å². The molecular weight excluding hydrogens is 345 g/mol. The fourth-order valence-corrected chi connectivity index (χ4v) is 2.80. The van der Waals surface area contributed by atoms with Crippen LogP contribution in [0.15, 0.2) is 46.9 Å². The number of rotatable bonds is 4. The molecule has 0 saturated carbocycles. The van der Waals surface area contributed by atoms with Crippen LogP contribution in [0, 0.1) is 0 Å². The zero-order chi connectivity index (χ0) is 13.8. The van der Waals surface area contributed by atoms with E-state index in [9.17, 15) is 0 Å². The summed E-state index contributed by atoms with van der Waals surface area (Å²) in [5, 5.41) is 1.36. The molecule has 0 aliphatic heterocycles. The highest BCUT2D eigenvalue weighted by Gasteiger charge is 2.11. The van der Waals surface area contributed by atoms with Crippen LogP contribution in [0.1, 0.15) is 11.1 Å². The van der Waals surface area contributed by atoms with Gasteiger partial charge >= 0.3 is 0 Å². The Balaban J connectivity index is 2.05. The summed E-state index contributed by atoms with van der Waals surface area (Å²) in [7, 11) is 0. The molecule has 2 N–H and O–H groups in total. The summed E-state index contributed by atoms with van der Waals surface area (Å²) in [4.78, 5) is 0. The summed E-state index contributed by atoms with van der Waals surface area (Å²) in [6, 6.07) is 13.7. The van der Waals surface area contributed by atoms with Crippen LogP contribution in [0.25, 0.3) is 0 Å². The fraction of sp³-hybridized carbons (Fsp3) is 0.200. The number of benzene rings is 2. The first-order valence-corrected chi connectivity index (χ1v) is 7.54. The first kappa shape index (κ1) is 14.9. The second-order valence-electron chi connectivity index (χ2n) is 4.50. The Morgan fingerprint density at radius 3 is 2.11 bits per heavy atom. The van der Waals surface area contributed by atoms with Gasteiger partial charge in [0.1, 0.15) is 0 Å². The van der Waals surface area contributed by atoms with Crippen molar-refractivity contribution in [3.8, 4) is 0 Å². The highest BCUT2D eigenvalue weighted by atomic mass is 79.9. The van der Waals surface area contributed by atoms with Crippen LogP contribution in [-0.2, 0) is 12.8 Å². The Labute approximate surface area is 131 Å². The zero-order valence-corrected chi connectivity index (χ0v) is 13.3. The molecule has 0 aliphatic carbocycles. The zero-order valence-electron chi connectivity index (χ0n) is 10.2. The lowest BCUT2D eigenvalue weighted by molar-refractivity contribution is 0.665. The van der Waals surface area contributed by atoms with E-state index >= 15 is 0 Å². The maximum Gasteiger partial charge on any atom is 0.0453 e. The van der Waals surface area contributed by atoms with Gasteiger partial charge in [0.15, 0.2) is 0 Å².